The molecule has 0 amide bonds. The largest absolute Gasteiger partial charge is 0.505 e. The number of phenols is 1. The van der Waals surface area contributed by atoms with Crippen LogP contribution in [-0.4, -0.2) is 20.1 Å². The molecule has 1 atom stereocenters. The van der Waals surface area contributed by atoms with Gasteiger partial charge in [0.05, 0.1) is 0 Å². The second-order valence-electron chi connectivity index (χ2n) is 9.29. The Labute approximate surface area is 203 Å². The summed E-state index contributed by atoms with van der Waals surface area (Å²) in [6.45, 7) is 4.48. The summed E-state index contributed by atoms with van der Waals surface area (Å²) in [6, 6.07) is 22.4. The predicted molar refractivity (Wildman–Crippen MR) is 142 cm³/mol. The van der Waals surface area contributed by atoms with Crippen molar-refractivity contribution in [1.29, 1.82) is 0 Å². The van der Waals surface area contributed by atoms with Gasteiger partial charge >= 0.3 is 0 Å². The third-order valence-corrected chi connectivity index (χ3v) is 6.82. The summed E-state index contributed by atoms with van der Waals surface area (Å²) in [5, 5.41) is 20.8. The van der Waals surface area contributed by atoms with Gasteiger partial charge in [-0.05, 0) is 59.7 Å². The van der Waals surface area contributed by atoms with Crippen LogP contribution in [0.3, 0.4) is 0 Å². The molecule has 178 valence electrons. The van der Waals surface area contributed by atoms with Crippen molar-refractivity contribution in [3.8, 4) is 22.6 Å². The molecule has 0 radical (unpaired) electrons. The van der Waals surface area contributed by atoms with E-state index in [0.717, 1.165) is 40.6 Å². The van der Waals surface area contributed by atoms with Crippen molar-refractivity contribution in [2.45, 2.75) is 77.6 Å². The van der Waals surface area contributed by atoms with Gasteiger partial charge in [-0.2, -0.15) is 0 Å². The molecule has 0 aliphatic rings. The second-order valence-corrected chi connectivity index (χ2v) is 9.29. The quantitative estimate of drug-likeness (QED) is 0.218. The van der Waals surface area contributed by atoms with Gasteiger partial charge in [-0.1, -0.05) is 101 Å². The molecule has 1 unspecified atom stereocenters. The Morgan fingerprint density at radius 1 is 0.735 bits per heavy atom. The van der Waals surface area contributed by atoms with E-state index in [1.54, 1.807) is 4.80 Å². The molecule has 0 aliphatic heterocycles. The van der Waals surface area contributed by atoms with Gasteiger partial charge in [0.25, 0.3) is 0 Å². The average molecular weight is 456 g/mol. The van der Waals surface area contributed by atoms with Crippen molar-refractivity contribution in [3.05, 3.63) is 72.3 Å². The molecular formula is C30H37N3O. The molecule has 34 heavy (non-hydrogen) atoms. The highest BCUT2D eigenvalue weighted by molar-refractivity contribution is 5.75. The average Bonchev–Trinajstić information content (AvgIpc) is 3.31. The SMILES string of the molecule is CCCCCCCCCC(CC)c1cc(-c2ccccc2)cc(-n2nc3ccccc3n2)c1O. The van der Waals surface area contributed by atoms with Gasteiger partial charge in [0.1, 0.15) is 22.5 Å². The van der Waals surface area contributed by atoms with E-state index in [4.69, 9.17) is 0 Å². The Morgan fingerprint density at radius 2 is 1.35 bits per heavy atom. The lowest BCUT2D eigenvalue weighted by molar-refractivity contribution is 0.444. The molecule has 4 aromatic rings. The van der Waals surface area contributed by atoms with E-state index in [1.807, 2.05) is 36.4 Å². The maximum Gasteiger partial charge on any atom is 0.146 e. The fraction of sp³-hybridized carbons (Fsp3) is 0.400. The standard InChI is InChI=1S/C30H37N3O/c1-3-5-6-7-8-9-11-16-23(4-2)26-21-25(24-17-12-10-13-18-24)22-29(30(26)34)33-31-27-19-14-15-20-28(27)32-33/h10,12-15,17-23,34H,3-9,11,16H2,1-2H3. The highest BCUT2D eigenvalue weighted by Gasteiger charge is 2.20. The first-order chi connectivity index (χ1) is 16.7. The van der Waals surface area contributed by atoms with Crippen molar-refractivity contribution in [2.75, 3.05) is 0 Å². The molecule has 0 saturated heterocycles. The van der Waals surface area contributed by atoms with Gasteiger partial charge in [-0.25, -0.2) is 0 Å². The molecule has 0 bridgehead atoms. The van der Waals surface area contributed by atoms with E-state index >= 15 is 0 Å². The van der Waals surface area contributed by atoms with E-state index < -0.39 is 0 Å². The Bertz CT molecular complexity index is 1150. The van der Waals surface area contributed by atoms with Crippen LogP contribution in [0.4, 0.5) is 0 Å². The van der Waals surface area contributed by atoms with Crippen molar-refractivity contribution in [2.24, 2.45) is 0 Å². The first kappa shape index (κ1) is 24.0. The molecule has 1 heterocycles. The van der Waals surface area contributed by atoms with Crippen LogP contribution in [0.2, 0.25) is 0 Å². The molecule has 1 aromatic heterocycles. The number of aromatic nitrogens is 3. The number of fused-ring (bicyclic) bond motifs is 1. The lowest BCUT2D eigenvalue weighted by atomic mass is 9.87. The van der Waals surface area contributed by atoms with Crippen LogP contribution in [-0.2, 0) is 0 Å². The summed E-state index contributed by atoms with van der Waals surface area (Å²) in [6.07, 6.45) is 11.2. The number of hydrogen-bond donors (Lipinski definition) is 1. The van der Waals surface area contributed by atoms with Gasteiger partial charge in [0, 0.05) is 0 Å². The summed E-state index contributed by atoms with van der Waals surface area (Å²) in [5.41, 5.74) is 5.51. The molecule has 4 nitrogen and oxygen atoms in total. The lowest BCUT2D eigenvalue weighted by Crippen LogP contribution is -2.05. The molecule has 0 saturated carbocycles. The number of hydrogen-bond acceptors (Lipinski definition) is 3. The normalized spacial score (nSPS) is 12.3. The van der Waals surface area contributed by atoms with Crippen molar-refractivity contribution in [1.82, 2.24) is 15.0 Å². The number of nitrogens with zero attached hydrogens (tertiary/aromatic N) is 3. The highest BCUT2D eigenvalue weighted by Crippen LogP contribution is 2.39. The van der Waals surface area contributed by atoms with Gasteiger partial charge in [0.15, 0.2) is 0 Å². The van der Waals surface area contributed by atoms with Crippen LogP contribution in [0.1, 0.15) is 83.1 Å². The first-order valence-corrected chi connectivity index (χ1v) is 13.0. The summed E-state index contributed by atoms with van der Waals surface area (Å²) in [7, 11) is 0. The molecule has 0 fully saturated rings. The molecule has 4 rings (SSSR count). The molecule has 4 heteroatoms. The minimum absolute atomic E-state index is 0.301. The zero-order valence-electron chi connectivity index (χ0n) is 20.6. The van der Waals surface area contributed by atoms with E-state index in [2.05, 4.69) is 54.4 Å². The molecular weight excluding hydrogens is 418 g/mol. The highest BCUT2D eigenvalue weighted by atomic mass is 16.3. The number of unbranched alkanes of at least 4 members (excludes halogenated alkanes) is 6. The zero-order chi connectivity index (χ0) is 23.8. The number of rotatable bonds is 12. The van der Waals surface area contributed by atoms with Gasteiger partial charge < -0.3 is 5.11 Å². The van der Waals surface area contributed by atoms with Crippen molar-refractivity contribution >= 4 is 11.0 Å². The smallest absolute Gasteiger partial charge is 0.146 e. The zero-order valence-corrected chi connectivity index (χ0v) is 20.6. The summed E-state index contributed by atoms with van der Waals surface area (Å²) in [4.78, 5) is 1.59. The second kappa shape index (κ2) is 11.8. The van der Waals surface area contributed by atoms with Gasteiger partial charge in [0.2, 0.25) is 0 Å². The third kappa shape index (κ3) is 5.67. The number of phenolic OH excluding ortho intramolecular Hbond substituents is 1. The third-order valence-electron chi connectivity index (χ3n) is 6.82. The van der Waals surface area contributed by atoms with Crippen molar-refractivity contribution in [3.63, 3.8) is 0 Å². The van der Waals surface area contributed by atoms with E-state index in [1.165, 1.54) is 44.9 Å². The van der Waals surface area contributed by atoms with Gasteiger partial charge in [-0.15, -0.1) is 15.0 Å². The fourth-order valence-electron chi connectivity index (χ4n) is 4.80. The Morgan fingerprint density at radius 3 is 2.00 bits per heavy atom. The van der Waals surface area contributed by atoms with E-state index in [0.29, 0.717) is 17.4 Å². The predicted octanol–water partition coefficient (Wildman–Crippen LogP) is 8.43. The van der Waals surface area contributed by atoms with Crippen LogP contribution < -0.4 is 0 Å². The summed E-state index contributed by atoms with van der Waals surface area (Å²) >= 11 is 0. The first-order valence-electron chi connectivity index (χ1n) is 13.0. The van der Waals surface area contributed by atoms with E-state index in [-0.39, 0.29) is 0 Å². The summed E-state index contributed by atoms with van der Waals surface area (Å²) < 4.78 is 0. The maximum atomic E-state index is 11.4. The molecule has 1 N–H and O–H groups in total. The fourth-order valence-corrected chi connectivity index (χ4v) is 4.80. The maximum absolute atomic E-state index is 11.4. The van der Waals surface area contributed by atoms with Crippen LogP contribution in [0, 0.1) is 0 Å². The molecule has 3 aromatic carbocycles. The Kier molecular flexibility index (Phi) is 8.35. The summed E-state index contributed by atoms with van der Waals surface area (Å²) in [5.74, 6) is 0.609. The monoisotopic (exact) mass is 455 g/mol. The van der Waals surface area contributed by atoms with Crippen LogP contribution in [0.5, 0.6) is 5.75 Å². The van der Waals surface area contributed by atoms with Crippen LogP contribution in [0.15, 0.2) is 66.7 Å². The van der Waals surface area contributed by atoms with E-state index in [9.17, 15) is 5.11 Å². The lowest BCUT2D eigenvalue weighted by Gasteiger charge is -2.20. The Hall–Kier alpha value is -3.14. The number of aromatic hydroxyl groups is 1. The molecule has 0 spiro atoms. The van der Waals surface area contributed by atoms with Crippen LogP contribution in [0.25, 0.3) is 27.8 Å². The minimum atomic E-state index is 0.301. The van der Waals surface area contributed by atoms with Crippen LogP contribution >= 0.6 is 0 Å². The van der Waals surface area contributed by atoms with Crippen molar-refractivity contribution < 1.29 is 5.11 Å². The van der Waals surface area contributed by atoms with Gasteiger partial charge in [-0.3, -0.25) is 0 Å². The molecule has 0 aliphatic carbocycles. The number of benzene rings is 3. The topological polar surface area (TPSA) is 50.9 Å². The minimum Gasteiger partial charge on any atom is -0.505 e. The Balaban J connectivity index is 1.64.